The van der Waals surface area contributed by atoms with Crippen molar-refractivity contribution in [1.82, 2.24) is 10.2 Å². The number of amides is 1. The van der Waals surface area contributed by atoms with Crippen molar-refractivity contribution in [3.63, 3.8) is 0 Å². The van der Waals surface area contributed by atoms with Crippen LogP contribution in [-0.4, -0.2) is 35.7 Å². The van der Waals surface area contributed by atoms with Gasteiger partial charge in [-0.3, -0.25) is 0 Å². The number of nitrogens with zero attached hydrogens (tertiary/aromatic N) is 1. The molecular weight excluding hydrogens is 347 g/mol. The second kappa shape index (κ2) is 7.94. The Morgan fingerprint density at radius 1 is 1.33 bits per heavy atom. The summed E-state index contributed by atoms with van der Waals surface area (Å²) in [4.78, 5) is 14.1. The molecule has 134 valence electrons. The molecule has 6 heteroatoms. The molecule has 1 aromatic rings. The Labute approximate surface area is 154 Å². The zero-order valence-electron chi connectivity index (χ0n) is 14.7. The number of nitrogens with one attached hydrogen (secondary N) is 1. The summed E-state index contributed by atoms with van der Waals surface area (Å²) < 4.78 is 5.50. The van der Waals surface area contributed by atoms with Gasteiger partial charge in [0.15, 0.2) is 0 Å². The summed E-state index contributed by atoms with van der Waals surface area (Å²) in [6.45, 7) is 9.05. The standard InChI is InChI=1S/C18H26Cl2N2O2/c1-12(13-5-8-15(19)16(20)11-13)21-9-10-22(14-6-7-14)17(23)24-18(2,3)4/h5,8,11-12,14,21H,6-7,9-10H2,1-4H3. The van der Waals surface area contributed by atoms with Crippen molar-refractivity contribution in [1.29, 1.82) is 0 Å². The van der Waals surface area contributed by atoms with Crippen molar-refractivity contribution < 1.29 is 9.53 Å². The van der Waals surface area contributed by atoms with Crippen molar-refractivity contribution >= 4 is 29.3 Å². The van der Waals surface area contributed by atoms with E-state index >= 15 is 0 Å². The molecule has 0 spiro atoms. The number of hydrogen-bond acceptors (Lipinski definition) is 3. The molecule has 1 atom stereocenters. The van der Waals surface area contributed by atoms with Crippen LogP contribution in [0.3, 0.4) is 0 Å². The molecule has 1 unspecified atom stereocenters. The lowest BCUT2D eigenvalue weighted by atomic mass is 10.1. The lowest BCUT2D eigenvalue weighted by Gasteiger charge is -2.28. The first-order valence-electron chi connectivity index (χ1n) is 8.35. The minimum absolute atomic E-state index is 0.124. The normalized spacial score (nSPS) is 15.9. The van der Waals surface area contributed by atoms with Crippen LogP contribution in [0.1, 0.15) is 52.1 Å². The summed E-state index contributed by atoms with van der Waals surface area (Å²) in [6.07, 6.45) is 1.89. The summed E-state index contributed by atoms with van der Waals surface area (Å²) in [5, 5.41) is 4.53. The minimum Gasteiger partial charge on any atom is -0.444 e. The summed E-state index contributed by atoms with van der Waals surface area (Å²) in [5.41, 5.74) is 0.602. The Bertz CT molecular complexity index is 583. The molecule has 24 heavy (non-hydrogen) atoms. The molecular formula is C18H26Cl2N2O2. The van der Waals surface area contributed by atoms with Gasteiger partial charge in [-0.25, -0.2) is 4.79 Å². The summed E-state index contributed by atoms with van der Waals surface area (Å²) in [6, 6.07) is 6.07. The fourth-order valence-electron chi connectivity index (χ4n) is 2.43. The van der Waals surface area contributed by atoms with Gasteiger partial charge >= 0.3 is 6.09 Å². The van der Waals surface area contributed by atoms with Crippen LogP contribution in [0, 0.1) is 0 Å². The third-order valence-corrected chi connectivity index (χ3v) is 4.60. The molecule has 1 amide bonds. The van der Waals surface area contributed by atoms with Gasteiger partial charge < -0.3 is 15.0 Å². The number of ether oxygens (including phenoxy) is 1. The van der Waals surface area contributed by atoms with Crippen LogP contribution in [0.25, 0.3) is 0 Å². The van der Waals surface area contributed by atoms with Crippen molar-refractivity contribution in [3.8, 4) is 0 Å². The van der Waals surface area contributed by atoms with Gasteiger partial charge in [0, 0.05) is 25.2 Å². The maximum Gasteiger partial charge on any atom is 0.410 e. The largest absolute Gasteiger partial charge is 0.444 e. The van der Waals surface area contributed by atoms with Crippen LogP contribution in [-0.2, 0) is 4.74 Å². The van der Waals surface area contributed by atoms with Crippen molar-refractivity contribution in [2.24, 2.45) is 0 Å². The van der Waals surface area contributed by atoms with E-state index < -0.39 is 5.60 Å². The van der Waals surface area contributed by atoms with Gasteiger partial charge in [0.2, 0.25) is 0 Å². The topological polar surface area (TPSA) is 41.6 Å². The van der Waals surface area contributed by atoms with Gasteiger partial charge in [-0.15, -0.1) is 0 Å². The smallest absolute Gasteiger partial charge is 0.410 e. The average molecular weight is 373 g/mol. The second-order valence-corrected chi connectivity index (χ2v) is 8.07. The van der Waals surface area contributed by atoms with Gasteiger partial charge in [-0.2, -0.15) is 0 Å². The molecule has 0 bridgehead atoms. The van der Waals surface area contributed by atoms with E-state index in [0.717, 1.165) is 18.4 Å². The van der Waals surface area contributed by atoms with Crippen LogP contribution in [0.4, 0.5) is 4.79 Å². The monoisotopic (exact) mass is 372 g/mol. The zero-order valence-corrected chi connectivity index (χ0v) is 16.2. The van der Waals surface area contributed by atoms with Crippen molar-refractivity contribution in [2.45, 2.75) is 58.2 Å². The second-order valence-electron chi connectivity index (χ2n) is 7.25. The number of rotatable bonds is 6. The molecule has 4 nitrogen and oxygen atoms in total. The molecule has 1 aliphatic carbocycles. The number of halogens is 2. The Kier molecular flexibility index (Phi) is 6.40. The molecule has 1 N–H and O–H groups in total. The van der Waals surface area contributed by atoms with Crippen LogP contribution in [0.5, 0.6) is 0 Å². The SMILES string of the molecule is CC(NCCN(C(=O)OC(C)(C)C)C1CC1)c1ccc(Cl)c(Cl)c1. The summed E-state index contributed by atoms with van der Waals surface area (Å²) >= 11 is 12.0. The third kappa shape index (κ3) is 5.83. The van der Waals surface area contributed by atoms with E-state index in [0.29, 0.717) is 29.2 Å². The maximum absolute atomic E-state index is 12.3. The first-order chi connectivity index (χ1) is 11.2. The number of hydrogen-bond donors (Lipinski definition) is 1. The van der Waals surface area contributed by atoms with E-state index in [9.17, 15) is 4.79 Å². The lowest BCUT2D eigenvalue weighted by molar-refractivity contribution is 0.0235. The maximum atomic E-state index is 12.3. The van der Waals surface area contributed by atoms with Gasteiger partial charge in [0.25, 0.3) is 0 Å². The van der Waals surface area contributed by atoms with Crippen LogP contribution in [0.2, 0.25) is 10.0 Å². The Balaban J connectivity index is 1.86. The molecule has 0 aliphatic heterocycles. The van der Waals surface area contributed by atoms with E-state index in [1.807, 2.05) is 37.8 Å². The third-order valence-electron chi connectivity index (χ3n) is 3.86. The Morgan fingerprint density at radius 3 is 2.54 bits per heavy atom. The molecule has 1 fully saturated rings. The molecule has 0 saturated heterocycles. The highest BCUT2D eigenvalue weighted by Gasteiger charge is 2.34. The fourth-order valence-corrected chi connectivity index (χ4v) is 2.74. The van der Waals surface area contributed by atoms with Gasteiger partial charge in [-0.1, -0.05) is 29.3 Å². The molecule has 0 heterocycles. The zero-order chi connectivity index (χ0) is 17.9. The quantitative estimate of drug-likeness (QED) is 0.759. The van der Waals surface area contributed by atoms with Crippen molar-refractivity contribution in [3.05, 3.63) is 33.8 Å². The van der Waals surface area contributed by atoms with E-state index in [1.165, 1.54) is 0 Å². The number of benzene rings is 1. The molecule has 0 aromatic heterocycles. The highest BCUT2D eigenvalue weighted by molar-refractivity contribution is 6.42. The first kappa shape index (κ1) is 19.4. The summed E-state index contributed by atoms with van der Waals surface area (Å²) in [7, 11) is 0. The highest BCUT2D eigenvalue weighted by atomic mass is 35.5. The van der Waals surface area contributed by atoms with E-state index in [-0.39, 0.29) is 12.1 Å². The Morgan fingerprint density at radius 2 is 2.00 bits per heavy atom. The number of carbonyl (C=O) groups excluding carboxylic acids is 1. The number of carbonyl (C=O) groups is 1. The van der Waals surface area contributed by atoms with Gasteiger partial charge in [-0.05, 0) is 58.2 Å². The van der Waals surface area contributed by atoms with Crippen LogP contribution < -0.4 is 5.32 Å². The van der Waals surface area contributed by atoms with Crippen molar-refractivity contribution in [2.75, 3.05) is 13.1 Å². The van der Waals surface area contributed by atoms with Gasteiger partial charge in [0.05, 0.1) is 10.0 Å². The minimum atomic E-state index is -0.467. The molecule has 1 saturated carbocycles. The first-order valence-corrected chi connectivity index (χ1v) is 9.11. The molecule has 1 aromatic carbocycles. The van der Waals surface area contributed by atoms with Gasteiger partial charge in [0.1, 0.15) is 5.60 Å². The fraction of sp³-hybridized carbons (Fsp3) is 0.611. The van der Waals surface area contributed by atoms with E-state index in [2.05, 4.69) is 12.2 Å². The van der Waals surface area contributed by atoms with Crippen LogP contribution >= 0.6 is 23.2 Å². The average Bonchev–Trinajstić information content (AvgIpc) is 3.28. The molecule has 2 rings (SSSR count). The van der Waals surface area contributed by atoms with Crippen LogP contribution in [0.15, 0.2) is 18.2 Å². The molecule has 0 radical (unpaired) electrons. The van der Waals surface area contributed by atoms with E-state index in [1.54, 1.807) is 6.07 Å². The molecule has 1 aliphatic rings. The van der Waals surface area contributed by atoms with E-state index in [4.69, 9.17) is 27.9 Å². The predicted octanol–water partition coefficient (Wildman–Crippen LogP) is 5.04. The summed E-state index contributed by atoms with van der Waals surface area (Å²) in [5.74, 6) is 0. The Hall–Kier alpha value is -0.970. The highest BCUT2D eigenvalue weighted by Crippen LogP contribution is 2.28. The predicted molar refractivity (Wildman–Crippen MR) is 98.8 cm³/mol. The lowest BCUT2D eigenvalue weighted by Crippen LogP contribution is -2.42.